The summed E-state index contributed by atoms with van der Waals surface area (Å²) in [5.74, 6) is -0.579. The van der Waals surface area contributed by atoms with E-state index in [2.05, 4.69) is 17.1 Å². The van der Waals surface area contributed by atoms with Crippen LogP contribution in [0.4, 0.5) is 0 Å². The number of carbonyl (C=O) groups is 2. The SMILES string of the molecule is CCN1CCC(CNC(=O)c2ccc(C(=O)O)cc2)CC1. The summed E-state index contributed by atoms with van der Waals surface area (Å²) in [6.45, 7) is 6.16. The minimum absolute atomic E-state index is 0.134. The molecular weight excluding hydrogens is 268 g/mol. The Bertz CT molecular complexity index is 491. The first kappa shape index (κ1) is 15.5. The van der Waals surface area contributed by atoms with Gasteiger partial charge >= 0.3 is 5.97 Å². The third kappa shape index (κ3) is 4.29. The van der Waals surface area contributed by atoms with Crippen LogP contribution in [0.15, 0.2) is 24.3 Å². The Kier molecular flexibility index (Phi) is 5.33. The van der Waals surface area contributed by atoms with Gasteiger partial charge in [-0.05, 0) is 62.7 Å². The highest BCUT2D eigenvalue weighted by Gasteiger charge is 2.18. The highest BCUT2D eigenvalue weighted by molar-refractivity contribution is 5.95. The summed E-state index contributed by atoms with van der Waals surface area (Å²) < 4.78 is 0. The normalized spacial score (nSPS) is 16.6. The van der Waals surface area contributed by atoms with Crippen LogP contribution < -0.4 is 5.32 Å². The number of carboxylic acids is 1. The quantitative estimate of drug-likeness (QED) is 0.868. The van der Waals surface area contributed by atoms with Crippen molar-refractivity contribution < 1.29 is 14.7 Å². The number of aromatic carboxylic acids is 1. The lowest BCUT2D eigenvalue weighted by molar-refractivity contribution is 0.0696. The Morgan fingerprint density at radius 3 is 2.29 bits per heavy atom. The number of piperidine rings is 1. The highest BCUT2D eigenvalue weighted by Crippen LogP contribution is 2.16. The van der Waals surface area contributed by atoms with Crippen LogP contribution in [0, 0.1) is 5.92 Å². The van der Waals surface area contributed by atoms with Crippen LogP contribution in [0.25, 0.3) is 0 Å². The van der Waals surface area contributed by atoms with Gasteiger partial charge in [0.25, 0.3) is 5.91 Å². The second-order valence-electron chi connectivity index (χ2n) is 5.47. The first-order valence-corrected chi connectivity index (χ1v) is 7.44. The van der Waals surface area contributed by atoms with E-state index in [0.717, 1.165) is 32.5 Å². The zero-order valence-corrected chi connectivity index (χ0v) is 12.3. The molecule has 0 aliphatic carbocycles. The van der Waals surface area contributed by atoms with Crippen LogP contribution in [-0.2, 0) is 0 Å². The molecule has 21 heavy (non-hydrogen) atoms. The van der Waals surface area contributed by atoms with Crippen LogP contribution in [-0.4, -0.2) is 48.1 Å². The van der Waals surface area contributed by atoms with E-state index in [4.69, 9.17) is 5.11 Å². The Balaban J connectivity index is 1.80. The highest BCUT2D eigenvalue weighted by atomic mass is 16.4. The molecule has 1 aliphatic rings. The van der Waals surface area contributed by atoms with Crippen LogP contribution in [0.2, 0.25) is 0 Å². The minimum Gasteiger partial charge on any atom is -0.478 e. The van der Waals surface area contributed by atoms with Gasteiger partial charge in [-0.2, -0.15) is 0 Å². The van der Waals surface area contributed by atoms with Gasteiger partial charge in [-0.1, -0.05) is 6.92 Å². The van der Waals surface area contributed by atoms with Gasteiger partial charge in [-0.15, -0.1) is 0 Å². The average Bonchev–Trinajstić information content (AvgIpc) is 2.53. The molecule has 5 heteroatoms. The van der Waals surface area contributed by atoms with E-state index >= 15 is 0 Å². The van der Waals surface area contributed by atoms with E-state index in [-0.39, 0.29) is 11.5 Å². The van der Waals surface area contributed by atoms with E-state index in [1.165, 1.54) is 12.1 Å². The summed E-state index contributed by atoms with van der Waals surface area (Å²) in [4.78, 5) is 25.2. The Morgan fingerprint density at radius 2 is 1.76 bits per heavy atom. The molecule has 0 radical (unpaired) electrons. The summed E-state index contributed by atoms with van der Waals surface area (Å²) in [6, 6.07) is 6.02. The number of nitrogens with zero attached hydrogens (tertiary/aromatic N) is 1. The molecule has 0 aromatic heterocycles. The van der Waals surface area contributed by atoms with Crippen molar-refractivity contribution in [2.45, 2.75) is 19.8 Å². The van der Waals surface area contributed by atoms with Crippen molar-refractivity contribution in [2.24, 2.45) is 5.92 Å². The van der Waals surface area contributed by atoms with Crippen molar-refractivity contribution >= 4 is 11.9 Å². The number of hydrogen-bond acceptors (Lipinski definition) is 3. The summed E-state index contributed by atoms with van der Waals surface area (Å²) in [7, 11) is 0. The number of carbonyl (C=O) groups excluding carboxylic acids is 1. The minimum atomic E-state index is -0.982. The molecule has 1 aromatic carbocycles. The zero-order chi connectivity index (χ0) is 15.2. The van der Waals surface area contributed by atoms with Crippen molar-refractivity contribution in [3.63, 3.8) is 0 Å². The molecule has 0 spiro atoms. The fourth-order valence-corrected chi connectivity index (χ4v) is 2.61. The number of hydrogen-bond donors (Lipinski definition) is 2. The van der Waals surface area contributed by atoms with Gasteiger partial charge in [0.15, 0.2) is 0 Å². The third-order valence-electron chi connectivity index (χ3n) is 4.10. The molecule has 0 atom stereocenters. The molecule has 2 N–H and O–H groups in total. The molecule has 114 valence electrons. The van der Waals surface area contributed by atoms with Gasteiger partial charge in [0.05, 0.1) is 5.56 Å². The predicted molar refractivity (Wildman–Crippen MR) is 80.6 cm³/mol. The maximum absolute atomic E-state index is 12.0. The molecule has 0 unspecified atom stereocenters. The van der Waals surface area contributed by atoms with Crippen molar-refractivity contribution in [1.82, 2.24) is 10.2 Å². The van der Waals surface area contributed by atoms with Crippen LogP contribution >= 0.6 is 0 Å². The molecule has 2 rings (SSSR count). The molecule has 1 saturated heterocycles. The molecule has 1 aliphatic heterocycles. The van der Waals surface area contributed by atoms with Crippen molar-refractivity contribution in [3.05, 3.63) is 35.4 Å². The van der Waals surface area contributed by atoms with Gasteiger partial charge in [0.1, 0.15) is 0 Å². The van der Waals surface area contributed by atoms with Gasteiger partial charge < -0.3 is 15.3 Å². The van der Waals surface area contributed by atoms with Crippen molar-refractivity contribution in [2.75, 3.05) is 26.2 Å². The Morgan fingerprint density at radius 1 is 1.19 bits per heavy atom. The van der Waals surface area contributed by atoms with E-state index in [0.29, 0.717) is 18.0 Å². The third-order valence-corrected chi connectivity index (χ3v) is 4.10. The Labute approximate surface area is 125 Å². The maximum Gasteiger partial charge on any atom is 0.335 e. The standard InChI is InChI=1S/C16H22N2O3/c1-2-18-9-7-12(8-10-18)11-17-15(19)13-3-5-14(6-4-13)16(20)21/h3-6,12H,2,7-11H2,1H3,(H,17,19)(H,20,21). The monoisotopic (exact) mass is 290 g/mol. The van der Waals surface area contributed by atoms with E-state index in [1.54, 1.807) is 12.1 Å². The van der Waals surface area contributed by atoms with Gasteiger partial charge in [0.2, 0.25) is 0 Å². The largest absolute Gasteiger partial charge is 0.478 e. The van der Waals surface area contributed by atoms with E-state index in [1.807, 2.05) is 0 Å². The molecule has 5 nitrogen and oxygen atoms in total. The summed E-state index contributed by atoms with van der Waals surface area (Å²) >= 11 is 0. The number of carboxylic acid groups (broad SMARTS) is 1. The fraction of sp³-hybridized carbons (Fsp3) is 0.500. The van der Waals surface area contributed by atoms with Crippen LogP contribution in [0.3, 0.4) is 0 Å². The first-order chi connectivity index (χ1) is 10.1. The number of amides is 1. The molecule has 1 amide bonds. The summed E-state index contributed by atoms with van der Waals surface area (Å²) in [5.41, 5.74) is 0.699. The smallest absolute Gasteiger partial charge is 0.335 e. The lowest BCUT2D eigenvalue weighted by Crippen LogP contribution is -2.38. The zero-order valence-electron chi connectivity index (χ0n) is 12.3. The molecule has 1 aromatic rings. The fourth-order valence-electron chi connectivity index (χ4n) is 2.61. The van der Waals surface area contributed by atoms with Gasteiger partial charge in [-0.25, -0.2) is 4.79 Å². The first-order valence-electron chi connectivity index (χ1n) is 7.44. The summed E-state index contributed by atoms with van der Waals surface area (Å²) in [5, 5.41) is 11.8. The molecule has 1 heterocycles. The summed E-state index contributed by atoms with van der Waals surface area (Å²) in [6.07, 6.45) is 2.23. The number of likely N-dealkylation sites (tertiary alicyclic amines) is 1. The van der Waals surface area contributed by atoms with Crippen LogP contribution in [0.5, 0.6) is 0 Å². The molecule has 0 saturated carbocycles. The number of benzene rings is 1. The van der Waals surface area contributed by atoms with Crippen molar-refractivity contribution in [3.8, 4) is 0 Å². The molecule has 1 fully saturated rings. The maximum atomic E-state index is 12.0. The lowest BCUT2D eigenvalue weighted by Gasteiger charge is -2.31. The number of rotatable bonds is 5. The molecule has 0 bridgehead atoms. The molecular formula is C16H22N2O3. The predicted octanol–water partition coefficient (Wildman–Crippen LogP) is 1.85. The van der Waals surface area contributed by atoms with E-state index < -0.39 is 5.97 Å². The second kappa shape index (κ2) is 7.22. The lowest BCUT2D eigenvalue weighted by atomic mass is 9.96. The van der Waals surface area contributed by atoms with Crippen molar-refractivity contribution in [1.29, 1.82) is 0 Å². The van der Waals surface area contributed by atoms with Gasteiger partial charge in [0, 0.05) is 12.1 Å². The Hall–Kier alpha value is -1.88. The second-order valence-corrected chi connectivity index (χ2v) is 5.47. The van der Waals surface area contributed by atoms with Crippen LogP contribution in [0.1, 0.15) is 40.5 Å². The average molecular weight is 290 g/mol. The van der Waals surface area contributed by atoms with Gasteiger partial charge in [-0.3, -0.25) is 4.79 Å². The number of nitrogens with one attached hydrogen (secondary N) is 1. The van der Waals surface area contributed by atoms with E-state index in [9.17, 15) is 9.59 Å². The topological polar surface area (TPSA) is 69.6 Å².